The number of nitrogens with one attached hydrogen (secondary N) is 2. The number of rotatable bonds is 5. The van der Waals surface area contributed by atoms with Crippen molar-refractivity contribution >= 4 is 11.5 Å². The van der Waals surface area contributed by atoms with Crippen molar-refractivity contribution in [3.8, 4) is 0 Å². The van der Waals surface area contributed by atoms with Crippen LogP contribution in [0.3, 0.4) is 0 Å². The summed E-state index contributed by atoms with van der Waals surface area (Å²) in [5, 5.41) is 22.1. The van der Waals surface area contributed by atoms with E-state index < -0.39 is 0 Å². The molecule has 7 nitrogen and oxygen atoms in total. The first-order valence-corrected chi connectivity index (χ1v) is 6.67. The van der Waals surface area contributed by atoms with Gasteiger partial charge in [-0.15, -0.1) is 0 Å². The molecule has 2 N–H and O–H groups in total. The maximum absolute atomic E-state index is 11.2. The lowest BCUT2D eigenvalue weighted by atomic mass is 10.0. The van der Waals surface area contributed by atoms with Crippen LogP contribution in [0.4, 0.5) is 11.5 Å². The lowest BCUT2D eigenvalue weighted by molar-refractivity contribution is -0.384. The quantitative estimate of drug-likeness (QED) is 0.626. The van der Waals surface area contributed by atoms with Crippen LogP contribution in [0.5, 0.6) is 0 Å². The van der Waals surface area contributed by atoms with Crippen molar-refractivity contribution in [3.63, 3.8) is 0 Å². The normalized spacial score (nSPS) is 22.7. The second-order valence-electron chi connectivity index (χ2n) is 5.38. The van der Waals surface area contributed by atoms with Gasteiger partial charge in [0.2, 0.25) is 5.82 Å². The van der Waals surface area contributed by atoms with E-state index in [-0.39, 0.29) is 16.1 Å². The first kappa shape index (κ1) is 13.8. The van der Waals surface area contributed by atoms with E-state index in [1.165, 1.54) is 0 Å². The number of hydrogen-bond acceptors (Lipinski definition) is 5. The summed E-state index contributed by atoms with van der Waals surface area (Å²) in [6, 6.07) is 0. The second kappa shape index (κ2) is 5.16. The Hall–Kier alpha value is -1.63. The van der Waals surface area contributed by atoms with Gasteiger partial charge in [-0.3, -0.25) is 10.1 Å². The number of hydrogen-bond donors (Lipinski definition) is 2. The third-order valence-corrected chi connectivity index (χ3v) is 3.50. The first-order chi connectivity index (χ1) is 8.97. The largest absolute Gasteiger partial charge is 0.358 e. The zero-order valence-corrected chi connectivity index (χ0v) is 11.7. The molecule has 0 bridgehead atoms. The summed E-state index contributed by atoms with van der Waals surface area (Å²) in [7, 11) is 0. The molecule has 106 valence electrons. The van der Waals surface area contributed by atoms with E-state index in [9.17, 15) is 10.1 Å². The Kier molecular flexibility index (Phi) is 3.75. The Bertz CT molecular complexity index is 477. The molecular weight excluding hydrogens is 246 g/mol. The molecule has 0 aliphatic carbocycles. The fraction of sp³-hybridized carbons (Fsp3) is 0.750. The zero-order valence-electron chi connectivity index (χ0n) is 11.7. The van der Waals surface area contributed by atoms with Crippen LogP contribution in [0.1, 0.15) is 32.4 Å². The molecular formula is C12H21N5O2. The van der Waals surface area contributed by atoms with Crippen LogP contribution < -0.4 is 10.6 Å². The number of nitrogens with zero attached hydrogens (tertiary/aromatic N) is 3. The smallest absolute Gasteiger partial charge is 0.333 e. The first-order valence-electron chi connectivity index (χ1n) is 6.67. The van der Waals surface area contributed by atoms with Crippen molar-refractivity contribution < 1.29 is 4.92 Å². The molecule has 19 heavy (non-hydrogen) atoms. The zero-order chi connectivity index (χ0) is 14.0. The summed E-state index contributed by atoms with van der Waals surface area (Å²) in [5.41, 5.74) is 0.417. The maximum Gasteiger partial charge on any atom is 0.333 e. The van der Waals surface area contributed by atoms with Gasteiger partial charge in [-0.05, 0) is 33.2 Å². The topological polar surface area (TPSA) is 85.0 Å². The number of aromatic nitrogens is 2. The van der Waals surface area contributed by atoms with Gasteiger partial charge in [0.25, 0.3) is 0 Å². The van der Waals surface area contributed by atoms with Crippen LogP contribution >= 0.6 is 0 Å². The summed E-state index contributed by atoms with van der Waals surface area (Å²) in [6.07, 6.45) is 1.84. The van der Waals surface area contributed by atoms with Crippen LogP contribution in [0.2, 0.25) is 0 Å². The van der Waals surface area contributed by atoms with Crippen molar-refractivity contribution in [2.75, 3.05) is 18.4 Å². The lowest BCUT2D eigenvalue weighted by Crippen LogP contribution is -2.38. The van der Waals surface area contributed by atoms with Crippen molar-refractivity contribution in [2.45, 2.75) is 45.7 Å². The minimum absolute atomic E-state index is 0.0987. The maximum atomic E-state index is 11.2. The minimum Gasteiger partial charge on any atom is -0.358 e. The molecule has 1 unspecified atom stereocenters. The van der Waals surface area contributed by atoms with E-state index in [4.69, 9.17) is 0 Å². The highest BCUT2D eigenvalue weighted by atomic mass is 16.6. The summed E-state index contributed by atoms with van der Waals surface area (Å²) in [5.74, 6) is 0.538. The van der Waals surface area contributed by atoms with Crippen LogP contribution in [-0.4, -0.2) is 33.3 Å². The average molecular weight is 267 g/mol. The Labute approximate surface area is 112 Å². The molecule has 0 spiro atoms. The minimum atomic E-state index is -0.345. The average Bonchev–Trinajstić information content (AvgIpc) is 2.85. The SMILES string of the molecule is CCCn1nc(C)c([N+](=O)[O-])c1NC1(C)CCNC1. The van der Waals surface area contributed by atoms with E-state index >= 15 is 0 Å². The van der Waals surface area contributed by atoms with Crippen LogP contribution in [0.25, 0.3) is 0 Å². The number of anilines is 1. The van der Waals surface area contributed by atoms with Gasteiger partial charge in [0.15, 0.2) is 0 Å². The molecule has 1 aliphatic heterocycles. The molecule has 2 heterocycles. The third-order valence-electron chi connectivity index (χ3n) is 3.50. The van der Waals surface area contributed by atoms with E-state index in [0.29, 0.717) is 18.1 Å². The van der Waals surface area contributed by atoms with Gasteiger partial charge >= 0.3 is 5.69 Å². The molecule has 0 saturated carbocycles. The Morgan fingerprint density at radius 3 is 2.89 bits per heavy atom. The van der Waals surface area contributed by atoms with Crippen molar-refractivity contribution in [1.82, 2.24) is 15.1 Å². The predicted molar refractivity (Wildman–Crippen MR) is 73.4 cm³/mol. The molecule has 0 radical (unpaired) electrons. The second-order valence-corrected chi connectivity index (χ2v) is 5.38. The molecule has 0 aromatic carbocycles. The van der Waals surface area contributed by atoms with E-state index in [1.807, 2.05) is 6.92 Å². The van der Waals surface area contributed by atoms with E-state index in [2.05, 4.69) is 22.7 Å². The van der Waals surface area contributed by atoms with Gasteiger partial charge in [-0.1, -0.05) is 6.92 Å². The van der Waals surface area contributed by atoms with E-state index in [0.717, 1.165) is 25.9 Å². The summed E-state index contributed by atoms with van der Waals surface area (Å²) >= 11 is 0. The van der Waals surface area contributed by atoms with Crippen molar-refractivity contribution in [3.05, 3.63) is 15.8 Å². The highest BCUT2D eigenvalue weighted by molar-refractivity contribution is 5.61. The highest BCUT2D eigenvalue weighted by Gasteiger charge is 2.34. The monoisotopic (exact) mass is 267 g/mol. The van der Waals surface area contributed by atoms with Gasteiger partial charge in [0.1, 0.15) is 5.69 Å². The van der Waals surface area contributed by atoms with Gasteiger partial charge < -0.3 is 10.6 Å². The molecule has 1 aliphatic rings. The molecule has 1 aromatic rings. The molecule has 1 saturated heterocycles. The molecule has 2 rings (SSSR count). The van der Waals surface area contributed by atoms with Gasteiger partial charge in [0, 0.05) is 18.6 Å². The number of nitro groups is 1. The van der Waals surface area contributed by atoms with Crippen LogP contribution in [0.15, 0.2) is 0 Å². The number of aryl methyl sites for hydroxylation is 2. The fourth-order valence-electron chi connectivity index (χ4n) is 2.50. The van der Waals surface area contributed by atoms with Crippen LogP contribution in [0, 0.1) is 17.0 Å². The Morgan fingerprint density at radius 2 is 2.37 bits per heavy atom. The van der Waals surface area contributed by atoms with E-state index in [1.54, 1.807) is 11.6 Å². The van der Waals surface area contributed by atoms with Gasteiger partial charge in [-0.25, -0.2) is 4.68 Å². The Morgan fingerprint density at radius 1 is 1.63 bits per heavy atom. The third kappa shape index (κ3) is 2.70. The molecule has 0 amide bonds. The highest BCUT2D eigenvalue weighted by Crippen LogP contribution is 2.32. The summed E-state index contributed by atoms with van der Waals surface area (Å²) in [4.78, 5) is 10.9. The Balaban J connectivity index is 2.37. The van der Waals surface area contributed by atoms with Gasteiger partial charge in [-0.2, -0.15) is 5.10 Å². The summed E-state index contributed by atoms with van der Waals surface area (Å²) < 4.78 is 1.72. The molecule has 1 aromatic heterocycles. The predicted octanol–water partition coefficient (Wildman–Crippen LogP) is 1.67. The summed E-state index contributed by atoms with van der Waals surface area (Å²) in [6.45, 7) is 8.21. The van der Waals surface area contributed by atoms with Gasteiger partial charge in [0.05, 0.1) is 4.92 Å². The van der Waals surface area contributed by atoms with Crippen LogP contribution in [-0.2, 0) is 6.54 Å². The van der Waals surface area contributed by atoms with Crippen molar-refractivity contribution in [1.29, 1.82) is 0 Å². The molecule has 7 heteroatoms. The molecule has 1 fully saturated rings. The fourth-order valence-corrected chi connectivity index (χ4v) is 2.50. The lowest BCUT2D eigenvalue weighted by Gasteiger charge is -2.25. The molecule has 1 atom stereocenters. The van der Waals surface area contributed by atoms with Crippen molar-refractivity contribution in [2.24, 2.45) is 0 Å². The standard InChI is InChI=1S/C12H21N5O2/c1-4-7-16-11(10(17(18)19)9(2)15-16)14-12(3)5-6-13-8-12/h13-14H,4-8H2,1-3H3.